The minimum absolute atomic E-state index is 0.0567. The van der Waals surface area contributed by atoms with Crippen LogP contribution in [-0.4, -0.2) is 40.6 Å². The maximum atomic E-state index is 15.0. The van der Waals surface area contributed by atoms with Crippen molar-refractivity contribution in [3.05, 3.63) is 100.0 Å². The van der Waals surface area contributed by atoms with Crippen molar-refractivity contribution in [1.82, 2.24) is 20.6 Å². The minimum Gasteiger partial charge on any atom is -0.369 e. The summed E-state index contributed by atoms with van der Waals surface area (Å²) in [5.41, 5.74) is 8.05. The molecule has 2 atom stereocenters. The zero-order chi connectivity index (χ0) is 31.7. The smallest absolute Gasteiger partial charge is 0.229 e. The summed E-state index contributed by atoms with van der Waals surface area (Å²) in [7, 11) is 1.86. The Balaban J connectivity index is 1.23. The van der Waals surface area contributed by atoms with E-state index in [2.05, 4.69) is 35.9 Å². The standard InChI is InChI=1S/C32H28ClF3N8O/c1-38-19-7-5-16(11-19)30(45)44-31(37)42-26-10-8-20(13-25(26)36)41-32-40-15-17-14-39-29(27-23(34)3-2-4-24(27)35)22-12-18(33)6-9-21(22)28(17)43-32/h2-4,6,8-10,12-13,15-16,19,38H,5,7,11,14H2,1H3,(H,40,41,43)(H3,37,42,44,45). The minimum atomic E-state index is -0.755. The van der Waals surface area contributed by atoms with E-state index in [0.717, 1.165) is 12.8 Å². The van der Waals surface area contributed by atoms with Crippen molar-refractivity contribution >= 4 is 46.5 Å². The van der Waals surface area contributed by atoms with Crippen molar-refractivity contribution in [3.63, 3.8) is 0 Å². The molecular weight excluding hydrogens is 605 g/mol. The fourth-order valence-electron chi connectivity index (χ4n) is 5.59. The van der Waals surface area contributed by atoms with Gasteiger partial charge in [0.1, 0.15) is 17.3 Å². The number of hydrogen-bond donors (Lipinski definition) is 4. The third kappa shape index (κ3) is 6.38. The lowest BCUT2D eigenvalue weighted by Gasteiger charge is -2.13. The lowest BCUT2D eigenvalue weighted by Crippen LogP contribution is -2.40. The van der Waals surface area contributed by atoms with Crippen LogP contribution in [0.5, 0.6) is 0 Å². The first-order chi connectivity index (χ1) is 21.7. The van der Waals surface area contributed by atoms with Crippen molar-refractivity contribution in [2.45, 2.75) is 31.8 Å². The third-order valence-corrected chi connectivity index (χ3v) is 8.11. The summed E-state index contributed by atoms with van der Waals surface area (Å²) in [5, 5.41) is 9.06. The largest absolute Gasteiger partial charge is 0.369 e. The maximum Gasteiger partial charge on any atom is 0.229 e. The maximum absolute atomic E-state index is 15.0. The van der Waals surface area contributed by atoms with E-state index >= 15 is 4.39 Å². The van der Waals surface area contributed by atoms with Crippen LogP contribution in [0.1, 0.15) is 36.0 Å². The number of guanidine groups is 1. The molecule has 5 N–H and O–H groups in total. The van der Waals surface area contributed by atoms with Gasteiger partial charge in [-0.1, -0.05) is 23.7 Å². The molecule has 9 nitrogen and oxygen atoms in total. The fraction of sp³-hybridized carbons (Fsp3) is 0.219. The number of fused-ring (bicyclic) bond motifs is 3. The van der Waals surface area contributed by atoms with Gasteiger partial charge in [-0.15, -0.1) is 0 Å². The van der Waals surface area contributed by atoms with Crippen LogP contribution in [-0.2, 0) is 11.3 Å². The van der Waals surface area contributed by atoms with Crippen LogP contribution in [0.15, 0.2) is 70.8 Å². The number of hydrogen-bond acceptors (Lipinski definition) is 7. The number of carbonyl (C=O) groups is 1. The molecule has 13 heteroatoms. The topological polar surface area (TPSA) is 130 Å². The highest BCUT2D eigenvalue weighted by Gasteiger charge is 2.29. The summed E-state index contributed by atoms with van der Waals surface area (Å²) in [6, 6.07) is 13.0. The second-order valence-corrected chi connectivity index (χ2v) is 11.2. The van der Waals surface area contributed by atoms with Gasteiger partial charge < -0.3 is 16.4 Å². The van der Waals surface area contributed by atoms with E-state index in [4.69, 9.17) is 17.3 Å². The summed E-state index contributed by atoms with van der Waals surface area (Å²) in [4.78, 5) is 30.1. The first-order valence-electron chi connectivity index (χ1n) is 14.2. The molecule has 0 saturated heterocycles. The van der Waals surface area contributed by atoms with E-state index in [1.807, 2.05) is 7.05 Å². The Bertz CT molecular complexity index is 1840. The number of aliphatic imine (C=N–C) groups is 2. The van der Waals surface area contributed by atoms with E-state index in [9.17, 15) is 13.6 Å². The molecule has 45 heavy (non-hydrogen) atoms. The molecule has 2 aliphatic rings. The quantitative estimate of drug-likeness (QED) is 0.158. The van der Waals surface area contributed by atoms with Gasteiger partial charge in [0.25, 0.3) is 0 Å². The van der Waals surface area contributed by atoms with Gasteiger partial charge in [0.2, 0.25) is 17.8 Å². The van der Waals surface area contributed by atoms with E-state index in [-0.39, 0.29) is 53.3 Å². The summed E-state index contributed by atoms with van der Waals surface area (Å²) in [5.74, 6) is -2.67. The number of amides is 1. The number of rotatable bonds is 6. The number of benzene rings is 3. The molecule has 2 unspecified atom stereocenters. The van der Waals surface area contributed by atoms with Gasteiger partial charge in [-0.25, -0.2) is 28.1 Å². The van der Waals surface area contributed by atoms with Gasteiger partial charge in [-0.05, 0) is 68.8 Å². The number of nitrogens with zero attached hydrogens (tertiary/aromatic N) is 4. The predicted molar refractivity (Wildman–Crippen MR) is 167 cm³/mol. The number of halogens is 4. The molecule has 4 aromatic rings. The molecule has 1 aromatic heterocycles. The van der Waals surface area contributed by atoms with Gasteiger partial charge >= 0.3 is 0 Å². The van der Waals surface area contributed by atoms with Crippen LogP contribution in [0.25, 0.3) is 11.3 Å². The lowest BCUT2D eigenvalue weighted by atomic mass is 9.95. The molecule has 1 aliphatic carbocycles. The normalized spacial score (nSPS) is 17.6. The first-order valence-corrected chi connectivity index (χ1v) is 14.6. The Morgan fingerprint density at radius 2 is 1.82 bits per heavy atom. The molecule has 6 rings (SSSR count). The Labute approximate surface area is 261 Å². The summed E-state index contributed by atoms with van der Waals surface area (Å²) in [6.07, 6.45) is 3.88. The zero-order valence-corrected chi connectivity index (χ0v) is 24.8. The van der Waals surface area contributed by atoms with Gasteiger partial charge in [0, 0.05) is 45.6 Å². The summed E-state index contributed by atoms with van der Waals surface area (Å²) < 4.78 is 44.7. The number of nitrogens with two attached hydrogens (primary N) is 1. The molecule has 0 spiro atoms. The molecule has 1 amide bonds. The highest BCUT2D eigenvalue weighted by molar-refractivity contribution is 6.31. The Morgan fingerprint density at radius 3 is 2.56 bits per heavy atom. The third-order valence-electron chi connectivity index (χ3n) is 7.87. The predicted octanol–water partition coefficient (Wildman–Crippen LogP) is 5.76. The van der Waals surface area contributed by atoms with Gasteiger partial charge in [-0.3, -0.25) is 15.1 Å². The Kier molecular flexibility index (Phi) is 8.50. The van der Waals surface area contributed by atoms with Crippen molar-refractivity contribution in [2.24, 2.45) is 21.6 Å². The fourth-order valence-corrected chi connectivity index (χ4v) is 5.77. The molecule has 0 radical (unpaired) electrons. The number of anilines is 2. The number of nitrogens with one attached hydrogen (secondary N) is 3. The van der Waals surface area contributed by atoms with Gasteiger partial charge in [0.15, 0.2) is 5.82 Å². The Morgan fingerprint density at radius 1 is 1.02 bits per heavy atom. The number of carbonyl (C=O) groups excluding carboxylic acids is 1. The van der Waals surface area contributed by atoms with Crippen molar-refractivity contribution in [1.29, 1.82) is 0 Å². The zero-order valence-electron chi connectivity index (χ0n) is 24.0. The van der Waals surface area contributed by atoms with Crippen molar-refractivity contribution < 1.29 is 18.0 Å². The van der Waals surface area contributed by atoms with Crippen LogP contribution in [0.4, 0.5) is 30.5 Å². The highest BCUT2D eigenvalue weighted by atomic mass is 35.5. The second kappa shape index (κ2) is 12.7. The van der Waals surface area contributed by atoms with Crippen LogP contribution < -0.4 is 21.7 Å². The van der Waals surface area contributed by atoms with Crippen molar-refractivity contribution in [2.75, 3.05) is 12.4 Å². The van der Waals surface area contributed by atoms with E-state index < -0.39 is 17.5 Å². The monoisotopic (exact) mass is 632 g/mol. The van der Waals surface area contributed by atoms with Crippen LogP contribution in [0, 0.1) is 23.4 Å². The summed E-state index contributed by atoms with van der Waals surface area (Å²) in [6.45, 7) is 0.0567. The van der Waals surface area contributed by atoms with Gasteiger partial charge in [-0.2, -0.15) is 0 Å². The lowest BCUT2D eigenvalue weighted by molar-refractivity contribution is -0.123. The molecule has 0 bridgehead atoms. The van der Waals surface area contributed by atoms with E-state index in [0.29, 0.717) is 39.5 Å². The van der Waals surface area contributed by atoms with Crippen molar-refractivity contribution in [3.8, 4) is 11.3 Å². The van der Waals surface area contributed by atoms with E-state index in [1.165, 1.54) is 30.3 Å². The van der Waals surface area contributed by atoms with Crippen LogP contribution in [0.2, 0.25) is 5.02 Å². The molecule has 230 valence electrons. The highest BCUT2D eigenvalue weighted by Crippen LogP contribution is 2.35. The van der Waals surface area contributed by atoms with E-state index in [1.54, 1.807) is 30.5 Å². The molecule has 2 heterocycles. The van der Waals surface area contributed by atoms with Crippen LogP contribution in [0.3, 0.4) is 0 Å². The Hall–Kier alpha value is -4.81. The molecular formula is C32H28ClF3N8O. The van der Waals surface area contributed by atoms with Crippen LogP contribution >= 0.6 is 11.6 Å². The van der Waals surface area contributed by atoms with Gasteiger partial charge in [0.05, 0.1) is 23.5 Å². The molecule has 3 aromatic carbocycles. The molecule has 1 fully saturated rings. The molecule has 1 saturated carbocycles. The first kappa shape index (κ1) is 30.2. The summed E-state index contributed by atoms with van der Waals surface area (Å²) >= 11 is 6.29. The average molecular weight is 633 g/mol. The average Bonchev–Trinajstić information content (AvgIpc) is 3.45. The number of aromatic nitrogens is 2. The SMILES string of the molecule is CNC1CCC(C(=O)NC(N)=Nc2ccc(Nc3ncc4c(n3)-c3ccc(Cl)cc3C(c3c(F)cccc3F)=NC4)cc2F)C1. The molecule has 1 aliphatic heterocycles. The second-order valence-electron chi connectivity index (χ2n) is 10.8.